The monoisotopic (exact) mass is 419 g/mol. The minimum absolute atomic E-state index is 0. The number of anilines is 1. The van der Waals surface area contributed by atoms with Crippen molar-refractivity contribution in [1.82, 2.24) is 10.2 Å². The van der Waals surface area contributed by atoms with Crippen LogP contribution in [0, 0.1) is 5.92 Å². The number of carbonyl (C=O) groups excluding carboxylic acids is 1. The van der Waals surface area contributed by atoms with Crippen LogP contribution in [0.15, 0.2) is 24.3 Å². The number of piperidine rings is 1. The van der Waals surface area contributed by atoms with Gasteiger partial charge in [-0.15, -0.1) is 24.8 Å². The normalized spacial score (nSPS) is 18.5. The number of rotatable bonds is 6. The van der Waals surface area contributed by atoms with Crippen LogP contribution in [-0.4, -0.2) is 48.5 Å². The molecule has 2 fully saturated rings. The Morgan fingerprint density at radius 1 is 1.19 bits per heavy atom. The Labute approximate surface area is 174 Å². The molecule has 0 radical (unpaired) electrons. The van der Waals surface area contributed by atoms with E-state index in [2.05, 4.69) is 33.7 Å². The van der Waals surface area contributed by atoms with E-state index in [0.29, 0.717) is 12.3 Å². The summed E-state index contributed by atoms with van der Waals surface area (Å²) in [6.45, 7) is 5.51. The predicted molar refractivity (Wildman–Crippen MR) is 117 cm³/mol. The Hall–Kier alpha value is -0.460. The molecule has 1 aromatic rings. The van der Waals surface area contributed by atoms with Gasteiger partial charge >= 0.3 is 0 Å². The second kappa shape index (κ2) is 12.8. The molecule has 2 aliphatic rings. The van der Waals surface area contributed by atoms with Gasteiger partial charge in [0.2, 0.25) is 5.91 Å². The molecule has 0 atom stereocenters. The van der Waals surface area contributed by atoms with Gasteiger partial charge in [0.05, 0.1) is 0 Å². The number of nitrogens with zero attached hydrogens (tertiary/aromatic N) is 1. The van der Waals surface area contributed by atoms with Crippen LogP contribution in [-0.2, 0) is 11.3 Å². The van der Waals surface area contributed by atoms with Crippen molar-refractivity contribution >= 4 is 48.2 Å². The maximum Gasteiger partial charge on any atom is 0.224 e. The minimum Gasteiger partial charge on any atom is -0.326 e. The van der Waals surface area contributed by atoms with E-state index in [9.17, 15) is 4.79 Å². The molecule has 1 aromatic carbocycles. The number of halogens is 2. The fraction of sp³-hybridized carbons (Fsp3) is 0.632. The van der Waals surface area contributed by atoms with Gasteiger partial charge in [-0.1, -0.05) is 12.1 Å². The number of carbonyl (C=O) groups is 1. The van der Waals surface area contributed by atoms with Gasteiger partial charge in [0, 0.05) is 43.2 Å². The SMILES string of the molecule is Cl.Cl.O=C(CCC1CCNCC1)Nc1cccc(CN2CCSCC2)c1. The molecule has 0 spiro atoms. The Bertz CT molecular complexity index is 535. The van der Waals surface area contributed by atoms with Crippen molar-refractivity contribution in [3.05, 3.63) is 29.8 Å². The highest BCUT2D eigenvalue weighted by molar-refractivity contribution is 7.99. The average molecular weight is 420 g/mol. The molecule has 0 aliphatic carbocycles. The molecule has 3 rings (SSSR count). The fourth-order valence-corrected chi connectivity index (χ4v) is 4.47. The largest absolute Gasteiger partial charge is 0.326 e. The standard InChI is InChI=1S/C19H29N3OS.2ClH/c23-19(5-4-16-6-8-20-9-7-16)21-18-3-1-2-17(14-18)15-22-10-12-24-13-11-22;;/h1-3,14,16,20H,4-13,15H2,(H,21,23);2*1H. The van der Waals surface area contributed by atoms with E-state index in [4.69, 9.17) is 0 Å². The van der Waals surface area contributed by atoms with E-state index >= 15 is 0 Å². The zero-order valence-electron chi connectivity index (χ0n) is 15.2. The van der Waals surface area contributed by atoms with Gasteiger partial charge in [-0.2, -0.15) is 11.8 Å². The first-order valence-corrected chi connectivity index (χ1v) is 10.3. The number of nitrogens with one attached hydrogen (secondary N) is 2. The van der Waals surface area contributed by atoms with Crippen molar-refractivity contribution in [2.75, 3.05) is 43.0 Å². The molecule has 2 heterocycles. The lowest BCUT2D eigenvalue weighted by molar-refractivity contribution is -0.116. The first-order chi connectivity index (χ1) is 11.8. The molecule has 1 amide bonds. The summed E-state index contributed by atoms with van der Waals surface area (Å²) in [4.78, 5) is 14.7. The highest BCUT2D eigenvalue weighted by Crippen LogP contribution is 2.19. The van der Waals surface area contributed by atoms with E-state index in [1.165, 1.54) is 29.9 Å². The smallest absolute Gasteiger partial charge is 0.224 e. The molecule has 2 N–H and O–H groups in total. The van der Waals surface area contributed by atoms with Crippen molar-refractivity contribution in [3.63, 3.8) is 0 Å². The quantitative estimate of drug-likeness (QED) is 0.735. The Kier molecular flexibility index (Phi) is 11.6. The van der Waals surface area contributed by atoms with Crippen LogP contribution in [0.5, 0.6) is 0 Å². The molecular weight excluding hydrogens is 389 g/mol. The number of benzene rings is 1. The molecule has 0 aromatic heterocycles. The third-order valence-electron chi connectivity index (χ3n) is 4.96. The van der Waals surface area contributed by atoms with Crippen LogP contribution in [0.3, 0.4) is 0 Å². The average Bonchev–Trinajstić information content (AvgIpc) is 2.62. The molecular formula is C19H31Cl2N3OS. The molecule has 7 heteroatoms. The highest BCUT2D eigenvalue weighted by Gasteiger charge is 2.15. The lowest BCUT2D eigenvalue weighted by Crippen LogP contribution is -2.31. The molecule has 2 saturated heterocycles. The van der Waals surface area contributed by atoms with Gasteiger partial charge in [0.25, 0.3) is 0 Å². The number of thioether (sulfide) groups is 1. The van der Waals surface area contributed by atoms with Crippen LogP contribution in [0.4, 0.5) is 5.69 Å². The minimum atomic E-state index is 0. The van der Waals surface area contributed by atoms with Gasteiger partial charge in [-0.05, 0) is 56.0 Å². The van der Waals surface area contributed by atoms with Gasteiger partial charge in [-0.3, -0.25) is 9.69 Å². The lowest BCUT2D eigenvalue weighted by atomic mass is 9.93. The summed E-state index contributed by atoms with van der Waals surface area (Å²) in [5.41, 5.74) is 2.23. The van der Waals surface area contributed by atoms with E-state index in [0.717, 1.165) is 44.8 Å². The fourth-order valence-electron chi connectivity index (χ4n) is 3.49. The first-order valence-electron chi connectivity index (χ1n) is 9.19. The van der Waals surface area contributed by atoms with E-state index in [1.807, 2.05) is 17.8 Å². The van der Waals surface area contributed by atoms with E-state index in [1.54, 1.807) is 0 Å². The third kappa shape index (κ3) is 8.05. The summed E-state index contributed by atoms with van der Waals surface area (Å²) in [7, 11) is 0. The molecule has 148 valence electrons. The number of hydrogen-bond donors (Lipinski definition) is 2. The lowest BCUT2D eigenvalue weighted by Gasteiger charge is -2.26. The predicted octanol–water partition coefficient (Wildman–Crippen LogP) is 3.80. The molecule has 2 aliphatic heterocycles. The van der Waals surface area contributed by atoms with Crippen molar-refractivity contribution in [2.45, 2.75) is 32.2 Å². The van der Waals surface area contributed by atoms with Crippen molar-refractivity contribution < 1.29 is 4.79 Å². The zero-order valence-corrected chi connectivity index (χ0v) is 17.7. The van der Waals surface area contributed by atoms with Gasteiger partial charge in [0.1, 0.15) is 0 Å². The molecule has 0 unspecified atom stereocenters. The first kappa shape index (κ1) is 23.6. The maximum atomic E-state index is 12.2. The molecule has 0 bridgehead atoms. The van der Waals surface area contributed by atoms with Crippen molar-refractivity contribution in [1.29, 1.82) is 0 Å². The Morgan fingerprint density at radius 3 is 2.65 bits per heavy atom. The summed E-state index contributed by atoms with van der Waals surface area (Å²) in [6, 6.07) is 8.34. The van der Waals surface area contributed by atoms with Crippen LogP contribution < -0.4 is 10.6 Å². The topological polar surface area (TPSA) is 44.4 Å². The van der Waals surface area contributed by atoms with Crippen LogP contribution in [0.2, 0.25) is 0 Å². The molecule has 26 heavy (non-hydrogen) atoms. The van der Waals surface area contributed by atoms with E-state index < -0.39 is 0 Å². The summed E-state index contributed by atoms with van der Waals surface area (Å²) >= 11 is 2.04. The van der Waals surface area contributed by atoms with Crippen LogP contribution in [0.1, 0.15) is 31.2 Å². The summed E-state index contributed by atoms with van der Waals surface area (Å²) in [5.74, 6) is 3.32. The summed E-state index contributed by atoms with van der Waals surface area (Å²) in [5, 5.41) is 6.46. The molecule has 4 nitrogen and oxygen atoms in total. The van der Waals surface area contributed by atoms with Crippen molar-refractivity contribution in [2.24, 2.45) is 5.92 Å². The van der Waals surface area contributed by atoms with E-state index in [-0.39, 0.29) is 30.7 Å². The van der Waals surface area contributed by atoms with Gasteiger partial charge < -0.3 is 10.6 Å². The summed E-state index contributed by atoms with van der Waals surface area (Å²) in [6.07, 6.45) is 4.06. The Balaban J connectivity index is 0.00000169. The van der Waals surface area contributed by atoms with Gasteiger partial charge in [0.15, 0.2) is 0 Å². The maximum absolute atomic E-state index is 12.2. The van der Waals surface area contributed by atoms with Crippen molar-refractivity contribution in [3.8, 4) is 0 Å². The summed E-state index contributed by atoms with van der Waals surface area (Å²) < 4.78 is 0. The second-order valence-electron chi connectivity index (χ2n) is 6.87. The third-order valence-corrected chi connectivity index (χ3v) is 5.90. The molecule has 0 saturated carbocycles. The van der Waals surface area contributed by atoms with Crippen LogP contribution in [0.25, 0.3) is 0 Å². The highest BCUT2D eigenvalue weighted by atomic mass is 35.5. The second-order valence-corrected chi connectivity index (χ2v) is 8.09. The van der Waals surface area contributed by atoms with Crippen LogP contribution >= 0.6 is 36.6 Å². The number of hydrogen-bond acceptors (Lipinski definition) is 4. The van der Waals surface area contributed by atoms with Gasteiger partial charge in [-0.25, -0.2) is 0 Å². The Morgan fingerprint density at radius 2 is 1.92 bits per heavy atom. The number of amides is 1. The zero-order chi connectivity index (χ0) is 16.6.